The predicted octanol–water partition coefficient (Wildman–Crippen LogP) is 0.331. The molecule has 1 fully saturated rings. The van der Waals surface area contributed by atoms with Crippen molar-refractivity contribution in [2.24, 2.45) is 13.0 Å². The molecule has 14 heavy (non-hydrogen) atoms. The summed E-state index contributed by atoms with van der Waals surface area (Å²) in [6, 6.07) is 0. The summed E-state index contributed by atoms with van der Waals surface area (Å²) in [7, 11) is 1.91. The second-order valence-electron chi connectivity index (χ2n) is 3.61. The van der Waals surface area contributed by atoms with Crippen LogP contribution in [0.5, 0.6) is 0 Å². The highest BCUT2D eigenvalue weighted by Gasteiger charge is 2.29. The molecule has 2 rings (SSSR count). The fraction of sp³-hybridized carbons (Fsp3) is 0.556. The molecule has 0 spiro atoms. The van der Waals surface area contributed by atoms with E-state index in [2.05, 4.69) is 4.98 Å². The van der Waals surface area contributed by atoms with Crippen molar-refractivity contribution in [3.8, 4) is 0 Å². The van der Waals surface area contributed by atoms with E-state index in [0.717, 1.165) is 12.5 Å². The molecule has 1 aliphatic rings. The van der Waals surface area contributed by atoms with Gasteiger partial charge in [-0.05, 0) is 6.42 Å². The molecule has 1 saturated heterocycles. The van der Waals surface area contributed by atoms with Crippen molar-refractivity contribution in [3.63, 3.8) is 0 Å². The van der Waals surface area contributed by atoms with Gasteiger partial charge in [0.05, 0.1) is 5.92 Å². The molecule has 1 N–H and O–H groups in total. The minimum atomic E-state index is -0.707. The summed E-state index contributed by atoms with van der Waals surface area (Å²) < 4.78 is 1.91. The van der Waals surface area contributed by atoms with E-state index < -0.39 is 5.97 Å². The lowest BCUT2D eigenvalue weighted by molar-refractivity contribution is -0.140. The zero-order chi connectivity index (χ0) is 10.1. The third-order valence-electron chi connectivity index (χ3n) is 2.62. The van der Waals surface area contributed by atoms with Crippen molar-refractivity contribution in [3.05, 3.63) is 12.4 Å². The molecule has 5 nitrogen and oxygen atoms in total. The molecule has 1 unspecified atom stereocenters. The number of carboxylic acid groups (broad SMARTS) is 1. The SMILES string of the molecule is Cn1ccnc1N1CCC(C(=O)O)C1. The number of carboxylic acids is 1. The maximum atomic E-state index is 10.7. The Labute approximate surface area is 82.0 Å². The Bertz CT molecular complexity index is 348. The van der Waals surface area contributed by atoms with Crippen molar-refractivity contribution in [1.29, 1.82) is 0 Å². The lowest BCUT2D eigenvalue weighted by atomic mass is 10.1. The third-order valence-corrected chi connectivity index (χ3v) is 2.62. The molecule has 0 saturated carbocycles. The van der Waals surface area contributed by atoms with Crippen molar-refractivity contribution < 1.29 is 9.90 Å². The first-order valence-corrected chi connectivity index (χ1v) is 4.63. The predicted molar refractivity (Wildman–Crippen MR) is 51.2 cm³/mol. The van der Waals surface area contributed by atoms with Gasteiger partial charge in [0.15, 0.2) is 0 Å². The first-order chi connectivity index (χ1) is 6.68. The summed E-state index contributed by atoms with van der Waals surface area (Å²) in [5, 5.41) is 8.84. The zero-order valence-corrected chi connectivity index (χ0v) is 8.05. The molecule has 0 bridgehead atoms. The quantitative estimate of drug-likeness (QED) is 0.738. The van der Waals surface area contributed by atoms with Crippen LogP contribution in [0.3, 0.4) is 0 Å². The van der Waals surface area contributed by atoms with E-state index in [-0.39, 0.29) is 5.92 Å². The number of imidazole rings is 1. The van der Waals surface area contributed by atoms with Gasteiger partial charge in [-0.2, -0.15) is 0 Å². The number of nitrogens with zero attached hydrogens (tertiary/aromatic N) is 3. The first-order valence-electron chi connectivity index (χ1n) is 4.63. The van der Waals surface area contributed by atoms with Crippen LogP contribution < -0.4 is 4.90 Å². The van der Waals surface area contributed by atoms with E-state index >= 15 is 0 Å². The topological polar surface area (TPSA) is 58.4 Å². The van der Waals surface area contributed by atoms with E-state index in [0.29, 0.717) is 13.0 Å². The number of aromatic nitrogens is 2. The van der Waals surface area contributed by atoms with Gasteiger partial charge in [0.2, 0.25) is 5.95 Å². The largest absolute Gasteiger partial charge is 0.481 e. The lowest BCUT2D eigenvalue weighted by Gasteiger charge is -2.16. The van der Waals surface area contributed by atoms with Crippen LogP contribution >= 0.6 is 0 Å². The monoisotopic (exact) mass is 195 g/mol. The van der Waals surface area contributed by atoms with Gasteiger partial charge in [-0.3, -0.25) is 4.79 Å². The molecule has 1 atom stereocenters. The molecule has 0 amide bonds. The molecule has 1 aromatic heterocycles. The van der Waals surface area contributed by atoms with Crippen LogP contribution in [0.2, 0.25) is 0 Å². The molecular weight excluding hydrogens is 182 g/mol. The van der Waals surface area contributed by atoms with Gasteiger partial charge in [0.1, 0.15) is 0 Å². The van der Waals surface area contributed by atoms with Crippen molar-refractivity contribution >= 4 is 11.9 Å². The lowest BCUT2D eigenvalue weighted by Crippen LogP contribution is -2.24. The fourth-order valence-corrected chi connectivity index (χ4v) is 1.81. The Morgan fingerprint density at radius 1 is 1.71 bits per heavy atom. The van der Waals surface area contributed by atoms with Gasteiger partial charge < -0.3 is 14.6 Å². The molecule has 0 aromatic carbocycles. The Morgan fingerprint density at radius 3 is 3.00 bits per heavy atom. The van der Waals surface area contributed by atoms with Crippen LogP contribution in [0.1, 0.15) is 6.42 Å². The Morgan fingerprint density at radius 2 is 2.50 bits per heavy atom. The average Bonchev–Trinajstić information content (AvgIpc) is 2.71. The third kappa shape index (κ3) is 1.45. The van der Waals surface area contributed by atoms with Crippen LogP contribution in [-0.2, 0) is 11.8 Å². The number of aliphatic carboxylic acids is 1. The fourth-order valence-electron chi connectivity index (χ4n) is 1.81. The second kappa shape index (κ2) is 3.32. The minimum absolute atomic E-state index is 0.244. The summed E-state index contributed by atoms with van der Waals surface area (Å²) in [6.45, 7) is 1.35. The summed E-state index contributed by atoms with van der Waals surface area (Å²) >= 11 is 0. The van der Waals surface area contributed by atoms with Crippen LogP contribution in [-0.4, -0.2) is 33.7 Å². The van der Waals surface area contributed by atoms with Crippen molar-refractivity contribution in [1.82, 2.24) is 9.55 Å². The summed E-state index contributed by atoms with van der Waals surface area (Å²) in [4.78, 5) is 16.9. The number of anilines is 1. The molecule has 5 heteroatoms. The standard InChI is InChI=1S/C9H13N3O2/c1-11-5-3-10-9(11)12-4-2-7(6-12)8(13)14/h3,5,7H,2,4,6H2,1H3,(H,13,14). The van der Waals surface area contributed by atoms with Gasteiger partial charge in [-0.1, -0.05) is 0 Å². The number of rotatable bonds is 2. The highest BCUT2D eigenvalue weighted by atomic mass is 16.4. The summed E-state index contributed by atoms with van der Waals surface area (Å²) in [5.74, 6) is -0.0952. The van der Waals surface area contributed by atoms with Crippen molar-refractivity contribution in [2.75, 3.05) is 18.0 Å². The van der Waals surface area contributed by atoms with Gasteiger partial charge in [-0.15, -0.1) is 0 Å². The van der Waals surface area contributed by atoms with E-state index in [1.165, 1.54) is 0 Å². The second-order valence-corrected chi connectivity index (χ2v) is 3.61. The molecule has 2 heterocycles. The first kappa shape index (κ1) is 9.05. The number of hydrogen-bond acceptors (Lipinski definition) is 3. The number of carbonyl (C=O) groups is 1. The maximum absolute atomic E-state index is 10.7. The Hall–Kier alpha value is -1.52. The van der Waals surface area contributed by atoms with Crippen LogP contribution in [0.25, 0.3) is 0 Å². The van der Waals surface area contributed by atoms with E-state index in [1.807, 2.05) is 22.7 Å². The highest BCUT2D eigenvalue weighted by molar-refractivity contribution is 5.71. The molecule has 1 aliphatic heterocycles. The average molecular weight is 195 g/mol. The summed E-state index contributed by atoms with van der Waals surface area (Å²) in [5.41, 5.74) is 0. The van der Waals surface area contributed by atoms with E-state index in [1.54, 1.807) is 6.20 Å². The number of hydrogen-bond donors (Lipinski definition) is 1. The van der Waals surface area contributed by atoms with Gasteiger partial charge in [-0.25, -0.2) is 4.98 Å². The van der Waals surface area contributed by atoms with E-state index in [9.17, 15) is 4.79 Å². The van der Waals surface area contributed by atoms with Crippen LogP contribution in [0.4, 0.5) is 5.95 Å². The maximum Gasteiger partial charge on any atom is 0.308 e. The molecule has 0 radical (unpaired) electrons. The number of aryl methyl sites for hydroxylation is 1. The Balaban J connectivity index is 2.10. The van der Waals surface area contributed by atoms with Gasteiger partial charge in [0, 0.05) is 32.5 Å². The van der Waals surface area contributed by atoms with E-state index in [4.69, 9.17) is 5.11 Å². The molecule has 0 aliphatic carbocycles. The molecular formula is C9H13N3O2. The summed E-state index contributed by atoms with van der Waals surface area (Å²) in [6.07, 6.45) is 4.30. The van der Waals surface area contributed by atoms with Gasteiger partial charge in [0.25, 0.3) is 0 Å². The van der Waals surface area contributed by atoms with Crippen molar-refractivity contribution in [2.45, 2.75) is 6.42 Å². The minimum Gasteiger partial charge on any atom is -0.481 e. The van der Waals surface area contributed by atoms with Gasteiger partial charge >= 0.3 is 5.97 Å². The smallest absolute Gasteiger partial charge is 0.308 e. The van der Waals surface area contributed by atoms with Crippen LogP contribution in [0.15, 0.2) is 12.4 Å². The highest BCUT2D eigenvalue weighted by Crippen LogP contribution is 2.21. The Kier molecular flexibility index (Phi) is 2.15. The van der Waals surface area contributed by atoms with Crippen LogP contribution in [0, 0.1) is 5.92 Å². The zero-order valence-electron chi connectivity index (χ0n) is 8.05. The molecule has 76 valence electrons. The normalized spacial score (nSPS) is 21.5. The molecule has 1 aromatic rings.